The Hall–Kier alpha value is -2.90. The zero-order chi connectivity index (χ0) is 14.5. The molecule has 0 radical (unpaired) electrons. The first-order valence-corrected chi connectivity index (χ1v) is 5.81. The predicted molar refractivity (Wildman–Crippen MR) is 71.1 cm³/mol. The first-order valence-electron chi connectivity index (χ1n) is 5.81. The van der Waals surface area contributed by atoms with Gasteiger partial charge in [0.15, 0.2) is 0 Å². The van der Waals surface area contributed by atoms with Crippen molar-refractivity contribution >= 4 is 11.4 Å². The number of nitrogens with one attached hydrogen (secondary N) is 2. The van der Waals surface area contributed by atoms with Crippen LogP contribution in [0.4, 0.5) is 11.4 Å². The number of nitrogens with zero attached hydrogens (tertiary/aromatic N) is 2. The highest BCUT2D eigenvalue weighted by Gasteiger charge is 2.08. The maximum atomic E-state index is 11.5. The second kappa shape index (κ2) is 5.83. The minimum Gasteiger partial charge on any atom is -0.493 e. The van der Waals surface area contributed by atoms with Gasteiger partial charge in [0.2, 0.25) is 11.6 Å². The molecular formula is C12H12N4O4. The molecule has 0 fully saturated rings. The van der Waals surface area contributed by atoms with Crippen LogP contribution in [0.5, 0.6) is 11.6 Å². The fourth-order valence-electron chi connectivity index (χ4n) is 1.48. The van der Waals surface area contributed by atoms with Crippen LogP contribution >= 0.6 is 0 Å². The van der Waals surface area contributed by atoms with Gasteiger partial charge < -0.3 is 9.84 Å². The van der Waals surface area contributed by atoms with Crippen LogP contribution < -0.4 is 16.0 Å². The van der Waals surface area contributed by atoms with Gasteiger partial charge in [-0.3, -0.25) is 14.8 Å². The van der Waals surface area contributed by atoms with Crippen LogP contribution in [-0.2, 0) is 0 Å². The summed E-state index contributed by atoms with van der Waals surface area (Å²) in [5, 5.41) is 16.9. The topological polar surface area (TPSA) is 120 Å². The first kappa shape index (κ1) is 13.5. The van der Waals surface area contributed by atoms with Crippen molar-refractivity contribution in [3.8, 4) is 11.6 Å². The number of rotatable bonds is 4. The number of para-hydroxylation sites is 1. The number of azo groups is 1. The summed E-state index contributed by atoms with van der Waals surface area (Å²) in [5.74, 6) is -0.143. The van der Waals surface area contributed by atoms with Crippen LogP contribution in [0.1, 0.15) is 6.92 Å². The van der Waals surface area contributed by atoms with Crippen molar-refractivity contribution in [2.45, 2.75) is 6.92 Å². The van der Waals surface area contributed by atoms with Gasteiger partial charge in [-0.1, -0.05) is 12.1 Å². The van der Waals surface area contributed by atoms with Gasteiger partial charge in [-0.2, -0.15) is 0 Å². The molecule has 0 saturated carbocycles. The van der Waals surface area contributed by atoms with Crippen molar-refractivity contribution in [2.24, 2.45) is 10.2 Å². The quantitative estimate of drug-likeness (QED) is 0.734. The lowest BCUT2D eigenvalue weighted by molar-refractivity contribution is 0.341. The number of aromatic nitrogens is 2. The average Bonchev–Trinajstić information content (AvgIpc) is 2.39. The van der Waals surface area contributed by atoms with Crippen LogP contribution in [0, 0.1) is 0 Å². The van der Waals surface area contributed by atoms with Gasteiger partial charge in [-0.05, 0) is 19.1 Å². The van der Waals surface area contributed by atoms with Crippen molar-refractivity contribution < 1.29 is 9.84 Å². The molecular weight excluding hydrogens is 264 g/mol. The maximum absolute atomic E-state index is 11.5. The molecule has 0 spiro atoms. The number of benzene rings is 1. The van der Waals surface area contributed by atoms with Crippen LogP contribution in [0.2, 0.25) is 0 Å². The Labute approximate surface area is 112 Å². The molecule has 0 aliphatic rings. The molecule has 1 aromatic carbocycles. The Bertz CT molecular complexity index is 748. The van der Waals surface area contributed by atoms with E-state index in [9.17, 15) is 14.7 Å². The Balaban J connectivity index is 2.40. The second-order valence-electron chi connectivity index (χ2n) is 3.71. The minimum absolute atomic E-state index is 0.379. The molecule has 2 rings (SSSR count). The zero-order valence-electron chi connectivity index (χ0n) is 10.6. The molecule has 8 heteroatoms. The van der Waals surface area contributed by atoms with Crippen molar-refractivity contribution in [2.75, 3.05) is 6.61 Å². The molecule has 0 aliphatic carbocycles. The summed E-state index contributed by atoms with van der Waals surface area (Å²) in [4.78, 5) is 26.3. The number of H-pyrrole nitrogens is 2. The summed E-state index contributed by atoms with van der Waals surface area (Å²) in [5.41, 5.74) is -1.62. The van der Waals surface area contributed by atoms with E-state index in [2.05, 4.69) is 10.2 Å². The molecule has 0 atom stereocenters. The highest BCUT2D eigenvalue weighted by Crippen LogP contribution is 2.29. The molecule has 2 aromatic rings. The predicted octanol–water partition coefficient (Wildman–Crippen LogP) is 1.58. The van der Waals surface area contributed by atoms with Crippen molar-refractivity contribution in [1.82, 2.24) is 9.97 Å². The molecule has 3 N–H and O–H groups in total. The van der Waals surface area contributed by atoms with Crippen molar-refractivity contribution in [3.63, 3.8) is 0 Å². The average molecular weight is 276 g/mol. The lowest BCUT2D eigenvalue weighted by Crippen LogP contribution is -2.20. The molecule has 104 valence electrons. The molecule has 0 bridgehead atoms. The van der Waals surface area contributed by atoms with E-state index in [1.807, 2.05) is 16.9 Å². The number of hydrogen-bond acceptors (Lipinski definition) is 6. The van der Waals surface area contributed by atoms with Crippen LogP contribution in [0.3, 0.4) is 0 Å². The molecule has 0 aliphatic heterocycles. The molecule has 0 amide bonds. The van der Waals surface area contributed by atoms with E-state index in [0.29, 0.717) is 18.0 Å². The normalized spacial score (nSPS) is 10.8. The minimum atomic E-state index is -0.830. The van der Waals surface area contributed by atoms with Gasteiger partial charge in [0.05, 0.1) is 6.61 Å². The molecule has 0 unspecified atom stereocenters. The molecule has 20 heavy (non-hydrogen) atoms. The smallest absolute Gasteiger partial charge is 0.328 e. The van der Waals surface area contributed by atoms with E-state index in [0.717, 1.165) is 0 Å². The summed E-state index contributed by atoms with van der Waals surface area (Å²) in [6, 6.07) is 6.85. The van der Waals surface area contributed by atoms with Crippen LogP contribution in [0.25, 0.3) is 0 Å². The molecule has 0 saturated heterocycles. The van der Waals surface area contributed by atoms with Crippen LogP contribution in [-0.4, -0.2) is 21.7 Å². The Morgan fingerprint density at radius 1 is 1.20 bits per heavy atom. The standard InChI is InChI=1S/C12H12N4O4/c1-2-20-8-6-4-3-5-7(8)15-16-9-10(17)13-12(19)14-11(9)18/h3-6H,2H2,1H3,(H3,13,14,17,18,19). The molecule has 1 heterocycles. The van der Waals surface area contributed by atoms with Gasteiger partial charge in [-0.15, -0.1) is 10.2 Å². The third-order valence-corrected chi connectivity index (χ3v) is 2.32. The Morgan fingerprint density at radius 3 is 2.65 bits per heavy atom. The Morgan fingerprint density at radius 2 is 1.95 bits per heavy atom. The molecule has 8 nitrogen and oxygen atoms in total. The van der Waals surface area contributed by atoms with Gasteiger partial charge in [0, 0.05) is 0 Å². The first-order chi connectivity index (χ1) is 9.61. The summed E-state index contributed by atoms with van der Waals surface area (Å²) in [7, 11) is 0. The second-order valence-corrected chi connectivity index (χ2v) is 3.71. The SMILES string of the molecule is CCOc1ccccc1N=Nc1c(O)[nH]c(=O)[nH]c1=O. The highest BCUT2D eigenvalue weighted by atomic mass is 16.5. The number of hydrogen-bond donors (Lipinski definition) is 3. The van der Waals surface area contributed by atoms with E-state index in [1.165, 1.54) is 0 Å². The van der Waals surface area contributed by atoms with Gasteiger partial charge in [-0.25, -0.2) is 4.79 Å². The maximum Gasteiger partial charge on any atom is 0.328 e. The third kappa shape index (κ3) is 2.91. The lowest BCUT2D eigenvalue weighted by Gasteiger charge is -2.04. The zero-order valence-corrected chi connectivity index (χ0v) is 10.6. The largest absolute Gasteiger partial charge is 0.493 e. The molecule has 1 aromatic heterocycles. The number of aromatic hydroxyl groups is 1. The Kier molecular flexibility index (Phi) is 3.94. The van der Waals surface area contributed by atoms with Gasteiger partial charge >= 0.3 is 5.69 Å². The van der Waals surface area contributed by atoms with E-state index < -0.39 is 17.1 Å². The van der Waals surface area contributed by atoms with E-state index in [-0.39, 0.29) is 5.69 Å². The van der Waals surface area contributed by atoms with E-state index >= 15 is 0 Å². The fourth-order valence-corrected chi connectivity index (χ4v) is 1.48. The number of aromatic amines is 2. The lowest BCUT2D eigenvalue weighted by atomic mass is 10.3. The number of ether oxygens (including phenoxy) is 1. The van der Waals surface area contributed by atoms with Gasteiger partial charge in [0.25, 0.3) is 5.56 Å². The summed E-state index contributed by atoms with van der Waals surface area (Å²) < 4.78 is 5.35. The monoisotopic (exact) mass is 276 g/mol. The summed E-state index contributed by atoms with van der Waals surface area (Å²) >= 11 is 0. The van der Waals surface area contributed by atoms with Crippen LogP contribution in [0.15, 0.2) is 44.1 Å². The van der Waals surface area contributed by atoms with Gasteiger partial charge in [0.1, 0.15) is 11.4 Å². The summed E-state index contributed by atoms with van der Waals surface area (Å²) in [6.45, 7) is 2.28. The third-order valence-electron chi connectivity index (χ3n) is 2.32. The summed E-state index contributed by atoms with van der Waals surface area (Å²) in [6.07, 6.45) is 0. The van der Waals surface area contributed by atoms with E-state index in [1.54, 1.807) is 24.3 Å². The highest BCUT2D eigenvalue weighted by molar-refractivity contribution is 5.52. The van der Waals surface area contributed by atoms with Crippen molar-refractivity contribution in [3.05, 3.63) is 45.1 Å². The van der Waals surface area contributed by atoms with E-state index in [4.69, 9.17) is 4.74 Å². The fraction of sp³-hybridized carbons (Fsp3) is 0.167. The van der Waals surface area contributed by atoms with Crippen molar-refractivity contribution in [1.29, 1.82) is 0 Å².